The smallest absolute Gasteiger partial charge is 0.278 e. The SMILES string of the molecule is CCC(=O)Nc1ccccc1-c1nnc(SCC(=O)Nc2cc(C)cc(C)c2)[nH]c1=O. The van der Waals surface area contributed by atoms with E-state index < -0.39 is 5.56 Å². The summed E-state index contributed by atoms with van der Waals surface area (Å²) in [5.74, 6) is -0.312. The number of aromatic nitrogens is 3. The van der Waals surface area contributed by atoms with Gasteiger partial charge in [-0.25, -0.2) is 0 Å². The lowest BCUT2D eigenvalue weighted by molar-refractivity contribution is -0.116. The Kier molecular flexibility index (Phi) is 7.19. The summed E-state index contributed by atoms with van der Waals surface area (Å²) in [6.45, 7) is 5.67. The zero-order chi connectivity index (χ0) is 22.4. The third-order valence-electron chi connectivity index (χ3n) is 4.30. The predicted molar refractivity (Wildman–Crippen MR) is 122 cm³/mol. The van der Waals surface area contributed by atoms with Crippen LogP contribution < -0.4 is 16.2 Å². The van der Waals surface area contributed by atoms with E-state index in [0.717, 1.165) is 28.6 Å². The molecular weight excluding hydrogens is 414 g/mol. The summed E-state index contributed by atoms with van der Waals surface area (Å²) in [6, 6.07) is 12.7. The number of aryl methyl sites for hydroxylation is 2. The summed E-state index contributed by atoms with van der Waals surface area (Å²) in [4.78, 5) is 39.2. The van der Waals surface area contributed by atoms with Crippen molar-refractivity contribution in [3.8, 4) is 11.3 Å². The van der Waals surface area contributed by atoms with E-state index in [0.29, 0.717) is 17.7 Å². The number of rotatable bonds is 7. The van der Waals surface area contributed by atoms with E-state index in [1.807, 2.05) is 32.0 Å². The van der Waals surface area contributed by atoms with Crippen molar-refractivity contribution in [1.82, 2.24) is 15.2 Å². The number of hydrogen-bond donors (Lipinski definition) is 3. The number of carbonyl (C=O) groups excluding carboxylic acids is 2. The number of H-pyrrole nitrogens is 1. The number of hydrogen-bond acceptors (Lipinski definition) is 6. The van der Waals surface area contributed by atoms with Gasteiger partial charge in [-0.1, -0.05) is 43.0 Å². The first-order valence-corrected chi connectivity index (χ1v) is 10.7. The minimum absolute atomic E-state index is 0.0695. The summed E-state index contributed by atoms with van der Waals surface area (Å²) in [6.07, 6.45) is 0.316. The van der Waals surface area contributed by atoms with Crippen molar-refractivity contribution in [3.63, 3.8) is 0 Å². The molecule has 8 nitrogen and oxygen atoms in total. The van der Waals surface area contributed by atoms with E-state index in [1.54, 1.807) is 31.2 Å². The molecule has 1 heterocycles. The molecule has 0 radical (unpaired) electrons. The third-order valence-corrected chi connectivity index (χ3v) is 5.16. The van der Waals surface area contributed by atoms with Gasteiger partial charge >= 0.3 is 0 Å². The first kappa shape index (κ1) is 22.2. The Labute approximate surface area is 183 Å². The van der Waals surface area contributed by atoms with Gasteiger partial charge in [0.15, 0.2) is 10.9 Å². The Hall–Kier alpha value is -3.46. The number of nitrogens with zero attached hydrogens (tertiary/aromatic N) is 2. The second kappa shape index (κ2) is 10.0. The van der Waals surface area contributed by atoms with Crippen molar-refractivity contribution in [1.29, 1.82) is 0 Å². The van der Waals surface area contributed by atoms with Gasteiger partial charge in [0.05, 0.1) is 11.4 Å². The van der Waals surface area contributed by atoms with Crippen LogP contribution in [-0.4, -0.2) is 32.7 Å². The molecule has 0 saturated heterocycles. The van der Waals surface area contributed by atoms with Crippen molar-refractivity contribution >= 4 is 35.0 Å². The maximum atomic E-state index is 12.6. The molecule has 0 aliphatic carbocycles. The molecule has 0 atom stereocenters. The molecule has 0 saturated carbocycles. The number of thioether (sulfide) groups is 1. The van der Waals surface area contributed by atoms with E-state index in [2.05, 4.69) is 25.8 Å². The summed E-state index contributed by atoms with van der Waals surface area (Å²) < 4.78 is 0. The van der Waals surface area contributed by atoms with Crippen LogP contribution in [0.2, 0.25) is 0 Å². The molecule has 0 fully saturated rings. The first-order chi connectivity index (χ1) is 14.9. The summed E-state index contributed by atoms with van der Waals surface area (Å²) in [5, 5.41) is 13.9. The molecule has 2 amide bonds. The van der Waals surface area contributed by atoms with Gasteiger partial charge in [0.1, 0.15) is 0 Å². The fourth-order valence-electron chi connectivity index (χ4n) is 2.98. The second-order valence-corrected chi connectivity index (χ2v) is 7.93. The van der Waals surface area contributed by atoms with Crippen LogP contribution in [-0.2, 0) is 9.59 Å². The lowest BCUT2D eigenvalue weighted by Crippen LogP contribution is -2.18. The van der Waals surface area contributed by atoms with Crippen LogP contribution in [0.25, 0.3) is 11.3 Å². The molecule has 3 N–H and O–H groups in total. The molecule has 0 aliphatic heterocycles. The van der Waals surface area contributed by atoms with Gasteiger partial charge in [-0.3, -0.25) is 19.4 Å². The average Bonchev–Trinajstić information content (AvgIpc) is 2.72. The number of aromatic amines is 1. The zero-order valence-electron chi connectivity index (χ0n) is 17.5. The van der Waals surface area contributed by atoms with Crippen LogP contribution in [0.5, 0.6) is 0 Å². The lowest BCUT2D eigenvalue weighted by atomic mass is 10.1. The molecule has 160 valence electrons. The highest BCUT2D eigenvalue weighted by molar-refractivity contribution is 7.99. The Morgan fingerprint density at radius 3 is 2.39 bits per heavy atom. The van der Waals surface area contributed by atoms with Crippen LogP contribution in [0.1, 0.15) is 24.5 Å². The maximum Gasteiger partial charge on any atom is 0.278 e. The van der Waals surface area contributed by atoms with Crippen molar-refractivity contribution in [3.05, 3.63) is 63.9 Å². The van der Waals surface area contributed by atoms with Crippen LogP contribution in [0.4, 0.5) is 11.4 Å². The number of amides is 2. The molecule has 3 aromatic rings. The predicted octanol–water partition coefficient (Wildman–Crippen LogP) is 3.53. The quantitative estimate of drug-likeness (QED) is 0.487. The summed E-state index contributed by atoms with van der Waals surface area (Å²) >= 11 is 1.08. The van der Waals surface area contributed by atoms with Gasteiger partial charge in [0.25, 0.3) is 5.56 Å². The van der Waals surface area contributed by atoms with Crippen LogP contribution in [0, 0.1) is 13.8 Å². The van der Waals surface area contributed by atoms with E-state index in [-0.39, 0.29) is 28.4 Å². The Balaban J connectivity index is 1.70. The van der Waals surface area contributed by atoms with Gasteiger partial charge in [-0.15, -0.1) is 10.2 Å². The van der Waals surface area contributed by atoms with E-state index in [9.17, 15) is 14.4 Å². The molecule has 3 rings (SSSR count). The molecule has 0 spiro atoms. The monoisotopic (exact) mass is 437 g/mol. The second-order valence-electron chi connectivity index (χ2n) is 6.97. The normalized spacial score (nSPS) is 10.5. The highest BCUT2D eigenvalue weighted by Gasteiger charge is 2.14. The van der Waals surface area contributed by atoms with E-state index in [1.165, 1.54) is 0 Å². The van der Waals surface area contributed by atoms with Gasteiger partial charge in [-0.2, -0.15) is 0 Å². The number of benzene rings is 2. The first-order valence-electron chi connectivity index (χ1n) is 9.73. The van der Waals surface area contributed by atoms with Crippen molar-refractivity contribution in [2.24, 2.45) is 0 Å². The largest absolute Gasteiger partial charge is 0.325 e. The van der Waals surface area contributed by atoms with Crippen LogP contribution >= 0.6 is 11.8 Å². The average molecular weight is 438 g/mol. The number of para-hydroxylation sites is 1. The fraction of sp³-hybridized carbons (Fsp3) is 0.227. The number of nitrogens with one attached hydrogen (secondary N) is 3. The third kappa shape index (κ3) is 6.02. The van der Waals surface area contributed by atoms with Crippen LogP contribution in [0.3, 0.4) is 0 Å². The van der Waals surface area contributed by atoms with Crippen molar-refractivity contribution in [2.45, 2.75) is 32.3 Å². The molecule has 1 aromatic heterocycles. The lowest BCUT2D eigenvalue weighted by Gasteiger charge is -2.09. The standard InChI is InChI=1S/C22H23N5O3S/c1-4-18(28)24-17-8-6-5-7-16(17)20-21(30)25-22(27-26-20)31-12-19(29)23-15-10-13(2)9-14(3)11-15/h5-11H,4,12H2,1-3H3,(H,23,29)(H,24,28)(H,25,27,30). The van der Waals surface area contributed by atoms with Crippen molar-refractivity contribution < 1.29 is 9.59 Å². The summed E-state index contributed by atoms with van der Waals surface area (Å²) in [7, 11) is 0. The van der Waals surface area contributed by atoms with Crippen molar-refractivity contribution in [2.75, 3.05) is 16.4 Å². The molecule has 0 unspecified atom stereocenters. The molecule has 0 aliphatic rings. The topological polar surface area (TPSA) is 117 Å². The van der Waals surface area contributed by atoms with Gasteiger partial charge in [-0.05, 0) is 43.2 Å². The Bertz CT molecular complexity index is 1160. The maximum absolute atomic E-state index is 12.6. The van der Waals surface area contributed by atoms with Gasteiger partial charge < -0.3 is 10.6 Å². The zero-order valence-corrected chi connectivity index (χ0v) is 18.3. The van der Waals surface area contributed by atoms with Gasteiger partial charge in [0.2, 0.25) is 11.8 Å². The van der Waals surface area contributed by atoms with Crippen LogP contribution in [0.15, 0.2) is 52.4 Å². The van der Waals surface area contributed by atoms with Gasteiger partial charge in [0, 0.05) is 17.7 Å². The Morgan fingerprint density at radius 1 is 1.00 bits per heavy atom. The highest BCUT2D eigenvalue weighted by Crippen LogP contribution is 2.24. The molecule has 0 bridgehead atoms. The molecular formula is C22H23N5O3S. The minimum atomic E-state index is -0.453. The number of carbonyl (C=O) groups is 2. The van der Waals surface area contributed by atoms with E-state index in [4.69, 9.17) is 0 Å². The highest BCUT2D eigenvalue weighted by atomic mass is 32.2. The Morgan fingerprint density at radius 2 is 1.71 bits per heavy atom. The molecule has 9 heteroatoms. The minimum Gasteiger partial charge on any atom is -0.325 e. The fourth-order valence-corrected chi connectivity index (χ4v) is 3.58. The molecule has 2 aromatic carbocycles. The van der Waals surface area contributed by atoms with E-state index >= 15 is 0 Å². The number of anilines is 2. The molecule has 31 heavy (non-hydrogen) atoms. The summed E-state index contributed by atoms with van der Waals surface area (Å²) in [5.41, 5.74) is 3.45.